The Balaban J connectivity index is 1.78. The van der Waals surface area contributed by atoms with Crippen LogP contribution in [0.4, 0.5) is 0 Å². The fourth-order valence-electron chi connectivity index (χ4n) is 3.41. The van der Waals surface area contributed by atoms with Gasteiger partial charge in [-0.2, -0.15) is 0 Å². The van der Waals surface area contributed by atoms with Crippen LogP contribution in [0.1, 0.15) is 41.0 Å². The summed E-state index contributed by atoms with van der Waals surface area (Å²) in [5.74, 6) is -0.555. The molecule has 4 rings (SSSR count). The van der Waals surface area contributed by atoms with Crippen LogP contribution < -0.4 is 10.1 Å². The lowest BCUT2D eigenvalue weighted by atomic mass is 10.1. The number of benzene rings is 1. The fourth-order valence-corrected chi connectivity index (χ4v) is 3.41. The third-order valence-electron chi connectivity index (χ3n) is 4.85. The van der Waals surface area contributed by atoms with Gasteiger partial charge in [-0.15, -0.1) is 0 Å². The number of hydrogen-bond donors (Lipinski definition) is 1. The first-order valence-electron chi connectivity index (χ1n) is 8.99. The molecule has 3 heterocycles. The highest BCUT2D eigenvalue weighted by Crippen LogP contribution is 2.36. The fraction of sp³-hybridized carbons (Fsp3) is 0.333. The molecule has 140 valence electrons. The van der Waals surface area contributed by atoms with Crippen molar-refractivity contribution in [2.75, 3.05) is 7.05 Å². The maximum Gasteiger partial charge on any atom is 0.273 e. The molecule has 0 radical (unpaired) electrons. The van der Waals surface area contributed by atoms with Gasteiger partial charge in [0.25, 0.3) is 5.91 Å². The van der Waals surface area contributed by atoms with E-state index in [0.717, 1.165) is 16.6 Å². The molecule has 2 aromatic heterocycles. The Labute approximate surface area is 158 Å². The van der Waals surface area contributed by atoms with Gasteiger partial charge in [-0.3, -0.25) is 4.79 Å². The zero-order valence-corrected chi connectivity index (χ0v) is 16.0. The minimum absolute atomic E-state index is 0.266. The van der Waals surface area contributed by atoms with E-state index in [1.165, 1.54) is 10.9 Å². The number of pyridine rings is 1. The topological polar surface area (TPSA) is 65.4 Å². The average molecular weight is 365 g/mol. The number of ether oxygens (including phenoxy) is 2. The first-order chi connectivity index (χ1) is 12.9. The smallest absolute Gasteiger partial charge is 0.273 e. The number of aromatic nitrogens is 2. The van der Waals surface area contributed by atoms with Crippen molar-refractivity contribution < 1.29 is 14.3 Å². The van der Waals surface area contributed by atoms with Gasteiger partial charge in [-0.1, -0.05) is 11.6 Å². The number of carbonyl (C=O) groups is 1. The van der Waals surface area contributed by atoms with Gasteiger partial charge in [0.15, 0.2) is 11.4 Å². The molecule has 6 heteroatoms. The van der Waals surface area contributed by atoms with E-state index in [0.29, 0.717) is 24.6 Å². The summed E-state index contributed by atoms with van der Waals surface area (Å²) in [6.45, 7) is 6.76. The molecular weight excluding hydrogens is 342 g/mol. The Morgan fingerprint density at radius 2 is 2.15 bits per heavy atom. The van der Waals surface area contributed by atoms with Gasteiger partial charge in [0.2, 0.25) is 5.79 Å². The van der Waals surface area contributed by atoms with Gasteiger partial charge in [-0.25, -0.2) is 4.98 Å². The molecule has 0 saturated heterocycles. The number of hydrogen-bond acceptors (Lipinski definition) is 4. The van der Waals surface area contributed by atoms with Gasteiger partial charge in [0.1, 0.15) is 0 Å². The lowest BCUT2D eigenvalue weighted by molar-refractivity contribution is -0.180. The maximum atomic E-state index is 12.2. The molecule has 0 aliphatic carbocycles. The first kappa shape index (κ1) is 17.5. The Morgan fingerprint density at radius 1 is 1.33 bits per heavy atom. The molecular formula is C21H23N3O3. The summed E-state index contributed by atoms with van der Waals surface area (Å²) in [4.78, 5) is 16.6. The third-order valence-corrected chi connectivity index (χ3v) is 4.85. The van der Waals surface area contributed by atoms with Gasteiger partial charge in [0, 0.05) is 50.9 Å². The predicted molar refractivity (Wildman–Crippen MR) is 103 cm³/mol. The molecule has 1 amide bonds. The number of nitrogens with zero attached hydrogens (tertiary/aromatic N) is 2. The Hall–Kier alpha value is -2.86. The van der Waals surface area contributed by atoms with E-state index in [2.05, 4.69) is 52.3 Å². The van der Waals surface area contributed by atoms with Crippen LogP contribution in [0.5, 0.6) is 5.75 Å². The highest BCUT2D eigenvalue weighted by Gasteiger charge is 2.33. The predicted octanol–water partition coefficient (Wildman–Crippen LogP) is 3.40. The summed E-state index contributed by atoms with van der Waals surface area (Å²) in [6, 6.07) is 8.51. The monoisotopic (exact) mass is 365 g/mol. The van der Waals surface area contributed by atoms with Crippen molar-refractivity contribution in [2.45, 2.75) is 39.7 Å². The minimum Gasteiger partial charge on any atom is -0.460 e. The van der Waals surface area contributed by atoms with Crippen molar-refractivity contribution in [3.63, 3.8) is 0 Å². The molecule has 0 atom stereocenters. The molecule has 1 aliphatic rings. The zero-order chi connectivity index (χ0) is 19.2. The number of amides is 1. The van der Waals surface area contributed by atoms with E-state index >= 15 is 0 Å². The SMILES string of the molecule is CNC(=O)c1ncc(Cn2ccc3cc(C)ccc32)c2c1OC(C)(C)OC2. The van der Waals surface area contributed by atoms with E-state index in [9.17, 15) is 4.79 Å². The molecule has 0 spiro atoms. The van der Waals surface area contributed by atoms with Crippen molar-refractivity contribution in [3.05, 3.63) is 59.0 Å². The molecule has 1 N–H and O–H groups in total. The van der Waals surface area contributed by atoms with Crippen molar-refractivity contribution >= 4 is 16.8 Å². The van der Waals surface area contributed by atoms with E-state index in [-0.39, 0.29) is 5.91 Å². The first-order valence-corrected chi connectivity index (χ1v) is 8.99. The van der Waals surface area contributed by atoms with Crippen LogP contribution in [-0.2, 0) is 17.9 Å². The van der Waals surface area contributed by atoms with Crippen LogP contribution in [0.2, 0.25) is 0 Å². The molecule has 0 fully saturated rings. The lowest BCUT2D eigenvalue weighted by Gasteiger charge is -2.34. The Bertz CT molecular complexity index is 1040. The van der Waals surface area contributed by atoms with E-state index < -0.39 is 5.79 Å². The second-order valence-corrected chi connectivity index (χ2v) is 7.32. The van der Waals surface area contributed by atoms with Crippen LogP contribution in [0.15, 0.2) is 36.7 Å². The van der Waals surface area contributed by atoms with Crippen molar-refractivity contribution in [1.82, 2.24) is 14.9 Å². The summed E-state index contributed by atoms with van der Waals surface area (Å²) < 4.78 is 14.0. The average Bonchev–Trinajstić information content (AvgIpc) is 3.02. The minimum atomic E-state index is -0.798. The van der Waals surface area contributed by atoms with E-state index in [4.69, 9.17) is 9.47 Å². The number of carbonyl (C=O) groups excluding carboxylic acids is 1. The second-order valence-electron chi connectivity index (χ2n) is 7.32. The summed E-state index contributed by atoms with van der Waals surface area (Å²) in [6.07, 6.45) is 3.81. The van der Waals surface area contributed by atoms with Crippen LogP contribution in [0, 0.1) is 6.92 Å². The molecule has 1 aliphatic heterocycles. The standard InChI is InChI=1S/C21H23N3O3/c1-13-5-6-17-14(9-13)7-8-24(17)11-15-10-23-18(20(25)22-4)19-16(15)12-26-21(2,3)27-19/h5-10H,11-12H2,1-4H3,(H,22,25). The van der Waals surface area contributed by atoms with Crippen molar-refractivity contribution in [2.24, 2.45) is 0 Å². The number of aryl methyl sites for hydroxylation is 1. The zero-order valence-electron chi connectivity index (χ0n) is 16.0. The molecule has 1 aromatic carbocycles. The number of rotatable bonds is 3. The van der Waals surface area contributed by atoms with Crippen LogP contribution in [0.25, 0.3) is 10.9 Å². The lowest BCUT2D eigenvalue weighted by Crippen LogP contribution is -2.37. The summed E-state index contributed by atoms with van der Waals surface area (Å²) in [7, 11) is 1.59. The van der Waals surface area contributed by atoms with E-state index in [1.807, 2.05) is 13.8 Å². The quantitative estimate of drug-likeness (QED) is 0.773. The molecule has 0 bridgehead atoms. The van der Waals surface area contributed by atoms with Crippen LogP contribution in [-0.4, -0.2) is 28.3 Å². The molecule has 6 nitrogen and oxygen atoms in total. The second kappa shape index (κ2) is 6.39. The highest BCUT2D eigenvalue weighted by atomic mass is 16.7. The number of nitrogens with one attached hydrogen (secondary N) is 1. The molecule has 27 heavy (non-hydrogen) atoms. The number of fused-ring (bicyclic) bond motifs is 2. The molecule has 0 unspecified atom stereocenters. The molecule has 0 saturated carbocycles. The maximum absolute atomic E-state index is 12.2. The van der Waals surface area contributed by atoms with E-state index in [1.54, 1.807) is 13.2 Å². The van der Waals surface area contributed by atoms with Gasteiger partial charge in [-0.05, 0) is 36.1 Å². The normalized spacial score (nSPS) is 15.3. The molecule has 3 aromatic rings. The van der Waals surface area contributed by atoms with Gasteiger partial charge in [0.05, 0.1) is 6.61 Å². The largest absolute Gasteiger partial charge is 0.460 e. The summed E-state index contributed by atoms with van der Waals surface area (Å²) in [5, 5.41) is 3.83. The van der Waals surface area contributed by atoms with Gasteiger partial charge < -0.3 is 19.4 Å². The summed E-state index contributed by atoms with van der Waals surface area (Å²) >= 11 is 0. The third kappa shape index (κ3) is 3.17. The van der Waals surface area contributed by atoms with Crippen LogP contribution in [0.3, 0.4) is 0 Å². The van der Waals surface area contributed by atoms with Crippen molar-refractivity contribution in [1.29, 1.82) is 0 Å². The Morgan fingerprint density at radius 3 is 2.93 bits per heavy atom. The van der Waals surface area contributed by atoms with Crippen LogP contribution >= 0.6 is 0 Å². The van der Waals surface area contributed by atoms with Gasteiger partial charge >= 0.3 is 0 Å². The highest BCUT2D eigenvalue weighted by molar-refractivity contribution is 5.95. The summed E-state index contributed by atoms with van der Waals surface area (Å²) in [5.41, 5.74) is 4.53. The Kier molecular flexibility index (Phi) is 4.15. The van der Waals surface area contributed by atoms with Crippen molar-refractivity contribution in [3.8, 4) is 5.75 Å².